The number of nitrogens with zero attached hydrogens (tertiary/aromatic N) is 2. The lowest BCUT2D eigenvalue weighted by atomic mass is 10.1. The Bertz CT molecular complexity index is 526. The predicted octanol–water partition coefficient (Wildman–Crippen LogP) is 3.34. The highest BCUT2D eigenvalue weighted by molar-refractivity contribution is 9.10. The van der Waals surface area contributed by atoms with Crippen LogP contribution in [0.25, 0.3) is 10.6 Å². The van der Waals surface area contributed by atoms with E-state index in [0.29, 0.717) is 6.04 Å². The van der Waals surface area contributed by atoms with Crippen molar-refractivity contribution in [1.82, 2.24) is 15.1 Å². The van der Waals surface area contributed by atoms with Gasteiger partial charge in [-0.25, -0.2) is 0 Å². The van der Waals surface area contributed by atoms with E-state index < -0.39 is 0 Å². The molecule has 1 aliphatic rings. The van der Waals surface area contributed by atoms with Crippen molar-refractivity contribution in [1.29, 1.82) is 0 Å². The Hall–Kier alpha value is -0.650. The lowest BCUT2D eigenvalue weighted by Gasteiger charge is -2.04. The van der Waals surface area contributed by atoms with Crippen molar-refractivity contribution in [3.63, 3.8) is 0 Å². The molecule has 1 unspecified atom stereocenters. The van der Waals surface area contributed by atoms with Gasteiger partial charge in [0.15, 0.2) is 0 Å². The minimum Gasteiger partial charge on any atom is -0.309 e. The third-order valence-electron chi connectivity index (χ3n) is 3.14. The second-order valence-corrected chi connectivity index (χ2v) is 6.18. The van der Waals surface area contributed by atoms with Crippen LogP contribution in [0.2, 0.25) is 0 Å². The molecule has 0 radical (unpaired) electrons. The maximum atomic E-state index is 4.62. The van der Waals surface area contributed by atoms with E-state index in [1.165, 1.54) is 29.1 Å². The van der Waals surface area contributed by atoms with E-state index in [1.54, 1.807) is 11.3 Å². The van der Waals surface area contributed by atoms with Crippen molar-refractivity contribution >= 4 is 27.3 Å². The Morgan fingerprint density at radius 2 is 2.41 bits per heavy atom. The summed E-state index contributed by atoms with van der Waals surface area (Å²) < 4.78 is 3.12. The number of aryl methyl sites for hydroxylation is 1. The lowest BCUT2D eigenvalue weighted by Crippen LogP contribution is -2.13. The molecule has 17 heavy (non-hydrogen) atoms. The van der Waals surface area contributed by atoms with Gasteiger partial charge in [0.25, 0.3) is 0 Å². The van der Waals surface area contributed by atoms with Crippen LogP contribution in [0.15, 0.2) is 22.0 Å². The van der Waals surface area contributed by atoms with Crippen molar-refractivity contribution in [3.8, 4) is 10.6 Å². The van der Waals surface area contributed by atoms with Gasteiger partial charge in [-0.1, -0.05) is 0 Å². The van der Waals surface area contributed by atoms with Crippen LogP contribution < -0.4 is 5.32 Å². The zero-order chi connectivity index (χ0) is 11.8. The predicted molar refractivity (Wildman–Crippen MR) is 74.2 cm³/mol. The molecule has 3 heterocycles. The number of thiophene rings is 1. The summed E-state index contributed by atoms with van der Waals surface area (Å²) in [6.45, 7) is 1.11. The highest BCUT2D eigenvalue weighted by atomic mass is 79.9. The first kappa shape index (κ1) is 11.4. The van der Waals surface area contributed by atoms with Gasteiger partial charge in [0, 0.05) is 16.9 Å². The first-order valence-corrected chi connectivity index (χ1v) is 7.43. The van der Waals surface area contributed by atoms with Crippen molar-refractivity contribution < 1.29 is 0 Å². The standard InChI is InChI=1S/C12H14BrN3S/c1-16-11(12-5-8(13)7-17-12)6-10(15-16)9-3-2-4-14-9/h5-7,9,14H,2-4H2,1H3. The third-order valence-corrected chi connectivity index (χ3v) is 4.85. The van der Waals surface area contributed by atoms with Crippen molar-refractivity contribution in [2.45, 2.75) is 18.9 Å². The molecule has 3 nitrogen and oxygen atoms in total. The van der Waals surface area contributed by atoms with E-state index in [9.17, 15) is 0 Å². The molecule has 90 valence electrons. The SMILES string of the molecule is Cn1nc(C2CCCN2)cc1-c1cc(Br)cs1. The fourth-order valence-corrected chi connectivity index (χ4v) is 3.75. The van der Waals surface area contributed by atoms with E-state index in [-0.39, 0.29) is 0 Å². The summed E-state index contributed by atoms with van der Waals surface area (Å²) in [7, 11) is 2.02. The molecule has 1 N–H and O–H groups in total. The van der Waals surface area contributed by atoms with Crippen LogP contribution in [0.4, 0.5) is 0 Å². The fourth-order valence-electron chi connectivity index (χ4n) is 2.27. The van der Waals surface area contributed by atoms with Crippen molar-refractivity contribution in [2.24, 2.45) is 7.05 Å². The average Bonchev–Trinajstić information content (AvgIpc) is 2.97. The van der Waals surface area contributed by atoms with Crippen molar-refractivity contribution in [3.05, 3.63) is 27.7 Å². The normalized spacial score (nSPS) is 20.0. The minimum absolute atomic E-state index is 0.443. The van der Waals surface area contributed by atoms with E-state index in [0.717, 1.165) is 11.0 Å². The summed E-state index contributed by atoms with van der Waals surface area (Å²) >= 11 is 5.24. The highest BCUT2D eigenvalue weighted by Gasteiger charge is 2.20. The molecule has 0 aromatic carbocycles. The summed E-state index contributed by atoms with van der Waals surface area (Å²) in [5, 5.41) is 10.2. The molecule has 0 bridgehead atoms. The van der Waals surface area contributed by atoms with Crippen LogP contribution in [0.1, 0.15) is 24.6 Å². The van der Waals surface area contributed by atoms with Gasteiger partial charge in [-0.15, -0.1) is 11.3 Å². The van der Waals surface area contributed by atoms with Gasteiger partial charge in [-0.3, -0.25) is 4.68 Å². The summed E-state index contributed by atoms with van der Waals surface area (Å²) in [5.74, 6) is 0. The Balaban J connectivity index is 1.95. The Labute approximate surface area is 113 Å². The molecule has 1 aliphatic heterocycles. The minimum atomic E-state index is 0.443. The fraction of sp³-hybridized carbons (Fsp3) is 0.417. The number of hydrogen-bond donors (Lipinski definition) is 1. The van der Waals surface area contributed by atoms with Crippen molar-refractivity contribution in [2.75, 3.05) is 6.54 Å². The molecule has 0 aliphatic carbocycles. The summed E-state index contributed by atoms with van der Waals surface area (Å²) in [6, 6.07) is 4.80. The summed E-state index contributed by atoms with van der Waals surface area (Å²) in [6.07, 6.45) is 2.45. The zero-order valence-electron chi connectivity index (χ0n) is 9.61. The number of aromatic nitrogens is 2. The van der Waals surface area contributed by atoms with Gasteiger partial charge < -0.3 is 5.32 Å². The van der Waals surface area contributed by atoms with Gasteiger partial charge in [-0.05, 0) is 47.4 Å². The van der Waals surface area contributed by atoms with E-state index in [2.05, 4.69) is 43.9 Å². The monoisotopic (exact) mass is 311 g/mol. The lowest BCUT2D eigenvalue weighted by molar-refractivity contribution is 0.607. The highest BCUT2D eigenvalue weighted by Crippen LogP contribution is 2.32. The zero-order valence-corrected chi connectivity index (χ0v) is 12.0. The van der Waals surface area contributed by atoms with Crippen LogP contribution in [0.3, 0.4) is 0 Å². The van der Waals surface area contributed by atoms with Crippen LogP contribution in [0.5, 0.6) is 0 Å². The molecule has 1 atom stereocenters. The van der Waals surface area contributed by atoms with Gasteiger partial charge in [0.1, 0.15) is 0 Å². The number of rotatable bonds is 2. The van der Waals surface area contributed by atoms with Crippen LogP contribution in [-0.4, -0.2) is 16.3 Å². The number of hydrogen-bond acceptors (Lipinski definition) is 3. The largest absolute Gasteiger partial charge is 0.309 e. The molecule has 1 saturated heterocycles. The van der Waals surface area contributed by atoms with Gasteiger partial charge in [-0.2, -0.15) is 5.10 Å². The van der Waals surface area contributed by atoms with Gasteiger partial charge in [0.2, 0.25) is 0 Å². The molecule has 0 saturated carbocycles. The molecular weight excluding hydrogens is 298 g/mol. The topological polar surface area (TPSA) is 29.9 Å². The second kappa shape index (κ2) is 4.55. The maximum Gasteiger partial charge on any atom is 0.0800 e. The number of halogens is 1. The molecular formula is C12H14BrN3S. The van der Waals surface area contributed by atoms with E-state index in [4.69, 9.17) is 0 Å². The van der Waals surface area contributed by atoms with Crippen LogP contribution >= 0.6 is 27.3 Å². The molecule has 2 aromatic rings. The Morgan fingerprint density at radius 1 is 1.53 bits per heavy atom. The average molecular weight is 312 g/mol. The maximum absolute atomic E-state index is 4.62. The van der Waals surface area contributed by atoms with Gasteiger partial charge >= 0.3 is 0 Å². The van der Waals surface area contributed by atoms with Gasteiger partial charge in [0.05, 0.1) is 22.3 Å². The van der Waals surface area contributed by atoms with E-state index >= 15 is 0 Å². The molecule has 1 fully saturated rings. The number of nitrogens with one attached hydrogen (secondary N) is 1. The second-order valence-electron chi connectivity index (χ2n) is 4.36. The Kier molecular flexibility index (Phi) is 3.06. The van der Waals surface area contributed by atoms with Crippen LogP contribution in [-0.2, 0) is 7.05 Å². The first-order valence-electron chi connectivity index (χ1n) is 5.76. The molecule has 5 heteroatoms. The van der Waals surface area contributed by atoms with Crippen LogP contribution in [0, 0.1) is 0 Å². The molecule has 3 rings (SSSR count). The molecule has 0 amide bonds. The summed E-state index contributed by atoms with van der Waals surface area (Å²) in [4.78, 5) is 1.26. The summed E-state index contributed by atoms with van der Waals surface area (Å²) in [5.41, 5.74) is 2.37. The quantitative estimate of drug-likeness (QED) is 0.922. The van der Waals surface area contributed by atoms with E-state index in [1.807, 2.05) is 11.7 Å². The smallest absolute Gasteiger partial charge is 0.0800 e. The Morgan fingerprint density at radius 3 is 3.06 bits per heavy atom. The first-order chi connectivity index (χ1) is 8.24. The molecule has 2 aromatic heterocycles. The molecule has 0 spiro atoms. The third kappa shape index (κ3) is 2.19.